The molecule has 122 valence electrons. The lowest BCUT2D eigenvalue weighted by Crippen LogP contribution is -2.17. The number of halogens is 1. The second-order valence-electron chi connectivity index (χ2n) is 4.50. The lowest BCUT2D eigenvalue weighted by Gasteiger charge is -2.07. The normalized spacial score (nSPS) is 10.2. The summed E-state index contributed by atoms with van der Waals surface area (Å²) < 4.78 is 5.26. The molecular formula is C14H11ClN6O2S. The summed E-state index contributed by atoms with van der Waals surface area (Å²) in [5.41, 5.74) is 1.13. The highest BCUT2D eigenvalue weighted by Gasteiger charge is 2.15. The summed E-state index contributed by atoms with van der Waals surface area (Å²) in [4.78, 5) is 27.9. The molecule has 0 radical (unpaired) electrons. The Morgan fingerprint density at radius 3 is 2.83 bits per heavy atom. The van der Waals surface area contributed by atoms with Crippen LogP contribution < -0.4 is 15.4 Å². The molecule has 3 aromatic heterocycles. The van der Waals surface area contributed by atoms with Crippen LogP contribution in [0.15, 0.2) is 37.1 Å². The van der Waals surface area contributed by atoms with Gasteiger partial charge in [0.25, 0.3) is 5.88 Å². The second-order valence-corrected chi connectivity index (χ2v) is 6.09. The molecule has 0 atom stereocenters. The van der Waals surface area contributed by atoms with Crippen molar-refractivity contribution in [2.75, 3.05) is 10.6 Å². The number of anilines is 3. The van der Waals surface area contributed by atoms with E-state index in [4.69, 9.17) is 16.3 Å². The van der Waals surface area contributed by atoms with Gasteiger partial charge < -0.3 is 10.1 Å². The maximum atomic E-state index is 12.0. The standard InChI is InChI=1S/C14H11ClN6O2S/c1-8-19-12(13(24-8)20-10-5-16-7-17-6-10)23-14(22)21-9-2-3-18-11(15)4-9/h2-7,20H,1H3,(H,18,21,22). The van der Waals surface area contributed by atoms with E-state index in [1.807, 2.05) is 6.92 Å². The highest BCUT2D eigenvalue weighted by molar-refractivity contribution is 7.16. The molecule has 10 heteroatoms. The molecule has 0 aromatic carbocycles. The van der Waals surface area contributed by atoms with E-state index in [2.05, 4.69) is 30.6 Å². The molecule has 2 N–H and O–H groups in total. The lowest BCUT2D eigenvalue weighted by molar-refractivity contribution is 0.214. The molecule has 3 rings (SSSR count). The van der Waals surface area contributed by atoms with Gasteiger partial charge in [-0.1, -0.05) is 22.9 Å². The number of hydrogen-bond acceptors (Lipinski definition) is 8. The van der Waals surface area contributed by atoms with E-state index in [9.17, 15) is 4.79 Å². The molecule has 0 bridgehead atoms. The fourth-order valence-corrected chi connectivity index (χ4v) is 2.70. The Morgan fingerprint density at radius 1 is 1.29 bits per heavy atom. The van der Waals surface area contributed by atoms with Crippen molar-refractivity contribution in [1.82, 2.24) is 19.9 Å². The van der Waals surface area contributed by atoms with Crippen molar-refractivity contribution in [3.8, 4) is 5.88 Å². The summed E-state index contributed by atoms with van der Waals surface area (Å²) in [6.45, 7) is 1.81. The van der Waals surface area contributed by atoms with Crippen LogP contribution in [0.3, 0.4) is 0 Å². The van der Waals surface area contributed by atoms with E-state index < -0.39 is 6.09 Å². The molecule has 0 aliphatic heterocycles. The number of aryl methyl sites for hydroxylation is 1. The third-order valence-corrected chi connectivity index (χ3v) is 3.76. The number of amides is 1. The maximum Gasteiger partial charge on any atom is 0.418 e. The molecule has 3 aromatic rings. The van der Waals surface area contributed by atoms with Crippen LogP contribution in [0, 0.1) is 6.92 Å². The van der Waals surface area contributed by atoms with Gasteiger partial charge in [-0.3, -0.25) is 5.32 Å². The fourth-order valence-electron chi connectivity index (χ4n) is 1.76. The highest BCUT2D eigenvalue weighted by atomic mass is 35.5. The molecular weight excluding hydrogens is 352 g/mol. The SMILES string of the molecule is Cc1nc(OC(=O)Nc2ccnc(Cl)c2)c(Nc2cncnc2)s1. The summed E-state index contributed by atoms with van der Waals surface area (Å²) in [5.74, 6) is 0.166. The van der Waals surface area contributed by atoms with Gasteiger partial charge in [0.2, 0.25) is 0 Å². The summed E-state index contributed by atoms with van der Waals surface area (Å²) in [7, 11) is 0. The van der Waals surface area contributed by atoms with E-state index in [1.54, 1.807) is 18.5 Å². The molecule has 8 nitrogen and oxygen atoms in total. The highest BCUT2D eigenvalue weighted by Crippen LogP contribution is 2.33. The number of ether oxygens (including phenoxy) is 1. The number of pyridine rings is 1. The van der Waals surface area contributed by atoms with Crippen LogP contribution in [0.4, 0.5) is 21.2 Å². The summed E-state index contributed by atoms with van der Waals surface area (Å²) >= 11 is 7.12. The van der Waals surface area contributed by atoms with Gasteiger partial charge in [0, 0.05) is 11.9 Å². The first-order valence-electron chi connectivity index (χ1n) is 6.70. The number of thiazole rings is 1. The number of aromatic nitrogens is 4. The monoisotopic (exact) mass is 362 g/mol. The van der Waals surface area contributed by atoms with Crippen molar-refractivity contribution in [2.24, 2.45) is 0 Å². The molecule has 0 fully saturated rings. The van der Waals surface area contributed by atoms with Crippen LogP contribution in [0.25, 0.3) is 0 Å². The Morgan fingerprint density at radius 2 is 2.08 bits per heavy atom. The average Bonchev–Trinajstić information content (AvgIpc) is 2.87. The molecule has 0 saturated heterocycles. The minimum Gasteiger partial charge on any atom is -0.388 e. The number of nitrogens with zero attached hydrogens (tertiary/aromatic N) is 4. The maximum absolute atomic E-state index is 12.0. The Bertz CT molecular complexity index is 857. The Hall–Kier alpha value is -2.78. The van der Waals surface area contributed by atoms with Gasteiger partial charge in [-0.15, -0.1) is 0 Å². The van der Waals surface area contributed by atoms with Crippen LogP contribution in [0.2, 0.25) is 5.15 Å². The molecule has 0 aliphatic carbocycles. The molecule has 0 spiro atoms. The molecule has 3 heterocycles. The smallest absolute Gasteiger partial charge is 0.388 e. The van der Waals surface area contributed by atoms with E-state index in [-0.39, 0.29) is 11.0 Å². The third-order valence-electron chi connectivity index (χ3n) is 2.68. The van der Waals surface area contributed by atoms with Gasteiger partial charge >= 0.3 is 6.09 Å². The van der Waals surface area contributed by atoms with Crippen molar-refractivity contribution in [1.29, 1.82) is 0 Å². The number of nitrogens with one attached hydrogen (secondary N) is 2. The van der Waals surface area contributed by atoms with E-state index >= 15 is 0 Å². The Labute approximate surface area is 145 Å². The topological polar surface area (TPSA) is 102 Å². The van der Waals surface area contributed by atoms with Gasteiger partial charge in [0.1, 0.15) is 11.5 Å². The first kappa shape index (κ1) is 16.1. The van der Waals surface area contributed by atoms with E-state index in [0.717, 1.165) is 5.01 Å². The zero-order valence-electron chi connectivity index (χ0n) is 12.4. The van der Waals surface area contributed by atoms with Gasteiger partial charge in [-0.25, -0.2) is 24.7 Å². The van der Waals surface area contributed by atoms with Crippen LogP contribution in [0.5, 0.6) is 5.88 Å². The van der Waals surface area contributed by atoms with Crippen molar-refractivity contribution < 1.29 is 9.53 Å². The van der Waals surface area contributed by atoms with Crippen LogP contribution in [-0.2, 0) is 0 Å². The zero-order chi connectivity index (χ0) is 16.9. The molecule has 0 unspecified atom stereocenters. The summed E-state index contributed by atoms with van der Waals surface area (Å²) in [6.07, 6.45) is 5.42. The minimum atomic E-state index is -0.685. The lowest BCUT2D eigenvalue weighted by atomic mass is 10.4. The summed E-state index contributed by atoms with van der Waals surface area (Å²) in [6, 6.07) is 3.11. The third kappa shape index (κ3) is 4.15. The molecule has 24 heavy (non-hydrogen) atoms. The van der Waals surface area contributed by atoms with Crippen molar-refractivity contribution in [3.05, 3.63) is 47.2 Å². The average molecular weight is 363 g/mol. The van der Waals surface area contributed by atoms with Gasteiger partial charge in [-0.2, -0.15) is 0 Å². The second kappa shape index (κ2) is 7.20. The minimum absolute atomic E-state index is 0.166. The predicted molar refractivity (Wildman–Crippen MR) is 91.1 cm³/mol. The number of rotatable bonds is 4. The Balaban J connectivity index is 1.71. The predicted octanol–water partition coefficient (Wildman–Crippen LogP) is 3.64. The van der Waals surface area contributed by atoms with E-state index in [1.165, 1.54) is 29.9 Å². The molecule has 1 amide bonds. The van der Waals surface area contributed by atoms with Gasteiger partial charge in [0.05, 0.1) is 23.1 Å². The largest absolute Gasteiger partial charge is 0.418 e. The first-order valence-corrected chi connectivity index (χ1v) is 7.89. The Kier molecular flexibility index (Phi) is 4.82. The number of hydrogen-bond donors (Lipinski definition) is 2. The fraction of sp³-hybridized carbons (Fsp3) is 0.0714. The number of carbonyl (C=O) groups excluding carboxylic acids is 1. The van der Waals surface area contributed by atoms with Crippen LogP contribution in [0.1, 0.15) is 5.01 Å². The number of carbonyl (C=O) groups is 1. The van der Waals surface area contributed by atoms with E-state index in [0.29, 0.717) is 16.4 Å². The zero-order valence-corrected chi connectivity index (χ0v) is 13.9. The van der Waals surface area contributed by atoms with Crippen molar-refractivity contribution in [2.45, 2.75) is 6.92 Å². The molecule has 0 saturated carbocycles. The first-order chi connectivity index (χ1) is 11.6. The van der Waals surface area contributed by atoms with Crippen LogP contribution in [-0.4, -0.2) is 26.0 Å². The van der Waals surface area contributed by atoms with Crippen LogP contribution >= 0.6 is 22.9 Å². The summed E-state index contributed by atoms with van der Waals surface area (Å²) in [5, 5.41) is 7.21. The van der Waals surface area contributed by atoms with Crippen molar-refractivity contribution >= 4 is 45.4 Å². The van der Waals surface area contributed by atoms with Crippen molar-refractivity contribution in [3.63, 3.8) is 0 Å². The van der Waals surface area contributed by atoms with Gasteiger partial charge in [-0.05, 0) is 19.1 Å². The quantitative estimate of drug-likeness (QED) is 0.683. The van der Waals surface area contributed by atoms with Gasteiger partial charge in [0.15, 0.2) is 5.00 Å². The molecule has 0 aliphatic rings.